The van der Waals surface area contributed by atoms with E-state index in [1.54, 1.807) is 0 Å². The van der Waals surface area contributed by atoms with Crippen LogP contribution in [0.1, 0.15) is 206 Å². The molecule has 0 saturated heterocycles. The van der Waals surface area contributed by atoms with E-state index in [9.17, 15) is 9.90 Å². The summed E-state index contributed by atoms with van der Waals surface area (Å²) < 4.78 is 11.2. The van der Waals surface area contributed by atoms with Gasteiger partial charge in [0, 0.05) is 13.0 Å². The van der Waals surface area contributed by atoms with Gasteiger partial charge in [0.1, 0.15) is 6.10 Å². The first kappa shape index (κ1) is 57.8. The van der Waals surface area contributed by atoms with E-state index in [0.29, 0.717) is 13.0 Å². The number of carbonyl (C=O) groups is 1. The fourth-order valence-electron chi connectivity index (χ4n) is 6.55. The third kappa shape index (κ3) is 51.0. The van der Waals surface area contributed by atoms with Gasteiger partial charge in [-0.15, -0.1) is 0 Å². The molecule has 1 atom stereocenters. The van der Waals surface area contributed by atoms with Crippen molar-refractivity contribution in [2.24, 2.45) is 0 Å². The van der Waals surface area contributed by atoms with Crippen LogP contribution in [0.15, 0.2) is 122 Å². The molecule has 0 heterocycles. The Labute approximate surface area is 377 Å². The van der Waals surface area contributed by atoms with Crippen molar-refractivity contribution in [2.45, 2.75) is 213 Å². The minimum atomic E-state index is -0.566. The summed E-state index contributed by atoms with van der Waals surface area (Å²) in [4.78, 5) is 12.3. The third-order valence-electron chi connectivity index (χ3n) is 10.3. The molecule has 4 heteroatoms. The Morgan fingerprint density at radius 2 is 0.738 bits per heavy atom. The summed E-state index contributed by atoms with van der Waals surface area (Å²) in [5, 5.41) is 9.65. The van der Waals surface area contributed by atoms with Crippen LogP contribution in [0.25, 0.3) is 0 Å². The van der Waals surface area contributed by atoms with E-state index in [2.05, 4.69) is 135 Å². The fourth-order valence-corrected chi connectivity index (χ4v) is 6.55. The van der Waals surface area contributed by atoms with Gasteiger partial charge < -0.3 is 14.6 Å². The number of ether oxygens (including phenoxy) is 2. The molecule has 0 aliphatic rings. The van der Waals surface area contributed by atoms with Gasteiger partial charge >= 0.3 is 5.97 Å². The highest BCUT2D eigenvalue weighted by atomic mass is 16.6. The van der Waals surface area contributed by atoms with Crippen LogP contribution in [0.2, 0.25) is 0 Å². The van der Waals surface area contributed by atoms with Gasteiger partial charge in [-0.25, -0.2) is 0 Å². The molecule has 0 rings (SSSR count). The molecule has 0 aliphatic heterocycles. The minimum Gasteiger partial charge on any atom is -0.457 e. The molecular formula is C57H94O4. The Balaban J connectivity index is 3.57. The molecule has 4 nitrogen and oxygen atoms in total. The molecule has 0 bridgehead atoms. The van der Waals surface area contributed by atoms with Crippen molar-refractivity contribution >= 4 is 5.97 Å². The highest BCUT2D eigenvalue weighted by molar-refractivity contribution is 5.69. The maximum Gasteiger partial charge on any atom is 0.306 e. The second-order valence-corrected chi connectivity index (χ2v) is 16.2. The van der Waals surface area contributed by atoms with Gasteiger partial charge in [0.15, 0.2) is 0 Å². The molecule has 0 spiro atoms. The average Bonchev–Trinajstić information content (AvgIpc) is 3.27. The maximum atomic E-state index is 12.3. The van der Waals surface area contributed by atoms with Crippen LogP contribution in [0, 0.1) is 0 Å². The van der Waals surface area contributed by atoms with Crippen molar-refractivity contribution in [1.29, 1.82) is 0 Å². The predicted octanol–water partition coefficient (Wildman–Crippen LogP) is 17.2. The second kappa shape index (κ2) is 52.9. The van der Waals surface area contributed by atoms with Gasteiger partial charge in [-0.2, -0.15) is 0 Å². The first-order chi connectivity index (χ1) is 30.2. The number of hydrogen-bond acceptors (Lipinski definition) is 4. The molecular weight excluding hydrogens is 749 g/mol. The van der Waals surface area contributed by atoms with E-state index in [0.717, 1.165) is 96.3 Å². The molecule has 0 aromatic rings. The second-order valence-electron chi connectivity index (χ2n) is 16.2. The summed E-state index contributed by atoms with van der Waals surface area (Å²) in [6, 6.07) is 0. The van der Waals surface area contributed by atoms with Crippen LogP contribution in [-0.4, -0.2) is 37.0 Å². The highest BCUT2D eigenvalue weighted by Gasteiger charge is 2.13. The molecule has 0 radical (unpaired) electrons. The maximum absolute atomic E-state index is 12.3. The third-order valence-corrected chi connectivity index (χ3v) is 10.3. The average molecular weight is 843 g/mol. The molecule has 1 N–H and O–H groups in total. The van der Waals surface area contributed by atoms with Gasteiger partial charge in [-0.3, -0.25) is 4.79 Å². The van der Waals surface area contributed by atoms with Crippen molar-refractivity contribution in [3.63, 3.8) is 0 Å². The van der Waals surface area contributed by atoms with Crippen molar-refractivity contribution in [1.82, 2.24) is 0 Å². The Kier molecular flexibility index (Phi) is 50.1. The smallest absolute Gasteiger partial charge is 0.306 e. The molecule has 0 aromatic heterocycles. The van der Waals surface area contributed by atoms with Crippen LogP contribution < -0.4 is 0 Å². The number of aliphatic hydroxyl groups excluding tert-OH is 1. The summed E-state index contributed by atoms with van der Waals surface area (Å²) >= 11 is 0. The van der Waals surface area contributed by atoms with Gasteiger partial charge in [-0.1, -0.05) is 212 Å². The van der Waals surface area contributed by atoms with Crippen molar-refractivity contribution in [3.05, 3.63) is 122 Å². The largest absolute Gasteiger partial charge is 0.457 e. The molecule has 0 saturated carbocycles. The summed E-state index contributed by atoms with van der Waals surface area (Å²) in [6.45, 7) is 5.16. The monoisotopic (exact) mass is 843 g/mol. The number of rotatable bonds is 45. The van der Waals surface area contributed by atoms with Crippen LogP contribution in [0.3, 0.4) is 0 Å². The predicted molar refractivity (Wildman–Crippen MR) is 269 cm³/mol. The number of unbranched alkanes of at least 4 members (excludes halogenated alkanes) is 17. The first-order valence-electron chi connectivity index (χ1n) is 25.1. The Bertz CT molecular complexity index is 1210. The van der Waals surface area contributed by atoms with E-state index in [-0.39, 0.29) is 19.2 Å². The fraction of sp³-hybridized carbons (Fsp3) is 0.632. The van der Waals surface area contributed by atoms with E-state index in [4.69, 9.17) is 9.47 Å². The quantitative estimate of drug-likeness (QED) is 0.0377. The molecule has 346 valence electrons. The standard InChI is InChI=1S/C57H94O4/c1-3-5-7-9-11-13-15-17-19-21-23-25-27-29-30-32-34-36-38-40-42-44-46-48-50-52-57(59)61-56(54-58)55-60-53-51-49-47-45-43-41-39-37-35-33-31-28-26-24-22-20-18-16-14-12-10-8-6-4-2/h5,7,11,13,16-19,22-25,28-31,34,36,40,42,56,58H,3-4,6,8-10,12,14-15,20-21,26-27,32-33,35,37-39,41,43-55H2,1-2H3/b7-5-,13-11-,18-16-,19-17-,24-22-,25-23-,30-29-,31-28-,36-34-,42-40-. The van der Waals surface area contributed by atoms with Crippen molar-refractivity contribution in [3.8, 4) is 0 Å². The van der Waals surface area contributed by atoms with Crippen molar-refractivity contribution in [2.75, 3.05) is 19.8 Å². The van der Waals surface area contributed by atoms with Crippen LogP contribution >= 0.6 is 0 Å². The van der Waals surface area contributed by atoms with Gasteiger partial charge in [-0.05, 0) is 109 Å². The number of aliphatic hydroxyl groups is 1. The molecule has 1 unspecified atom stereocenters. The number of carbonyl (C=O) groups excluding carboxylic acids is 1. The lowest BCUT2D eigenvalue weighted by Gasteiger charge is -2.15. The lowest BCUT2D eigenvalue weighted by molar-refractivity contribution is -0.154. The zero-order valence-electron chi connectivity index (χ0n) is 39.6. The van der Waals surface area contributed by atoms with E-state index >= 15 is 0 Å². The molecule has 0 amide bonds. The normalized spacial score (nSPS) is 13.4. The number of esters is 1. The summed E-state index contributed by atoms with van der Waals surface area (Å²) in [6.07, 6.45) is 78.5. The topological polar surface area (TPSA) is 55.8 Å². The highest BCUT2D eigenvalue weighted by Crippen LogP contribution is 2.12. The molecule has 0 aromatic carbocycles. The molecule has 0 fully saturated rings. The van der Waals surface area contributed by atoms with Gasteiger partial charge in [0.05, 0.1) is 13.2 Å². The van der Waals surface area contributed by atoms with Crippen molar-refractivity contribution < 1.29 is 19.4 Å². The summed E-state index contributed by atoms with van der Waals surface area (Å²) in [5.74, 6) is -0.238. The Morgan fingerprint density at radius 1 is 0.410 bits per heavy atom. The van der Waals surface area contributed by atoms with Crippen LogP contribution in [0.4, 0.5) is 0 Å². The Hall–Kier alpha value is -3.21. The zero-order valence-corrected chi connectivity index (χ0v) is 39.6. The summed E-state index contributed by atoms with van der Waals surface area (Å²) in [5.41, 5.74) is 0. The number of hydrogen-bond donors (Lipinski definition) is 1. The van der Waals surface area contributed by atoms with E-state index in [1.165, 1.54) is 89.9 Å². The van der Waals surface area contributed by atoms with Gasteiger partial charge in [0.2, 0.25) is 0 Å². The van der Waals surface area contributed by atoms with Crippen LogP contribution in [0.5, 0.6) is 0 Å². The Morgan fingerprint density at radius 3 is 1.11 bits per heavy atom. The van der Waals surface area contributed by atoms with Crippen LogP contribution in [-0.2, 0) is 14.3 Å². The first-order valence-corrected chi connectivity index (χ1v) is 25.1. The number of allylic oxidation sites excluding steroid dienone is 20. The van der Waals surface area contributed by atoms with E-state index in [1.807, 2.05) is 0 Å². The van der Waals surface area contributed by atoms with E-state index < -0.39 is 6.10 Å². The lowest BCUT2D eigenvalue weighted by Crippen LogP contribution is -2.27. The van der Waals surface area contributed by atoms with Gasteiger partial charge in [0.25, 0.3) is 0 Å². The minimum absolute atomic E-state index is 0.196. The summed E-state index contributed by atoms with van der Waals surface area (Å²) in [7, 11) is 0. The zero-order chi connectivity index (χ0) is 44.0. The SMILES string of the molecule is CC/C=C\C/C=C\C/C=C\C/C=C\C/C=C\C/C=C\C/C=C\CCCCCC(=O)OC(CO)COCCCCCCCCCCC/C=C\C/C=C\C/C=C\CCCCCCC. The molecule has 61 heavy (non-hydrogen) atoms. The lowest BCUT2D eigenvalue weighted by atomic mass is 10.1. The molecule has 0 aliphatic carbocycles.